The first kappa shape index (κ1) is 18.0. The second kappa shape index (κ2) is 5.89. The van der Waals surface area contributed by atoms with Crippen LogP contribution in [0.15, 0.2) is 29.2 Å². The van der Waals surface area contributed by atoms with E-state index < -0.39 is 44.1 Å². The van der Waals surface area contributed by atoms with Gasteiger partial charge in [-0.05, 0) is 38.1 Å². The zero-order valence-corrected chi connectivity index (χ0v) is 15.4. The van der Waals surface area contributed by atoms with Crippen molar-refractivity contribution in [1.82, 2.24) is 9.62 Å². The predicted octanol–water partition coefficient (Wildman–Crippen LogP) is 0.489. The van der Waals surface area contributed by atoms with Crippen molar-refractivity contribution in [3.05, 3.63) is 24.3 Å². The number of amides is 1. The molecule has 10 heteroatoms. The molecular weight excluding hydrogens is 368 g/mol. The maximum Gasteiger partial charge on any atom is 0.327 e. The monoisotopic (exact) mass is 386 g/mol. The number of nitrogens with zero attached hydrogens (tertiary/aromatic N) is 1. The average molecular weight is 386 g/mol. The zero-order chi connectivity index (χ0) is 18.6. The first-order valence-corrected chi connectivity index (χ1v) is 9.84. The Balaban J connectivity index is 1.80. The van der Waals surface area contributed by atoms with Crippen LogP contribution in [0.25, 0.3) is 0 Å². The highest BCUT2D eigenvalue weighted by Crippen LogP contribution is 2.50. The molecule has 0 radical (unpaired) electrons. The van der Waals surface area contributed by atoms with E-state index in [2.05, 4.69) is 4.72 Å². The molecular formula is C15H18N2O6S2. The molecule has 8 nitrogen and oxygen atoms in total. The van der Waals surface area contributed by atoms with Gasteiger partial charge in [0.1, 0.15) is 23.2 Å². The van der Waals surface area contributed by atoms with Crippen LogP contribution < -0.4 is 9.46 Å². The number of thioether (sulfide) groups is 1. The van der Waals surface area contributed by atoms with Crippen LogP contribution in [0.4, 0.5) is 0 Å². The number of fused-ring (bicyclic) bond motifs is 1. The fourth-order valence-electron chi connectivity index (χ4n) is 3.11. The van der Waals surface area contributed by atoms with E-state index in [4.69, 9.17) is 4.74 Å². The largest absolute Gasteiger partial charge is 0.497 e. The molecule has 3 unspecified atom stereocenters. The number of ether oxygens (including phenoxy) is 1. The summed E-state index contributed by atoms with van der Waals surface area (Å²) in [5, 5.41) is 8.85. The lowest BCUT2D eigenvalue weighted by Gasteiger charge is -2.43. The number of benzene rings is 1. The number of hydrogen-bond acceptors (Lipinski definition) is 6. The van der Waals surface area contributed by atoms with E-state index in [-0.39, 0.29) is 4.90 Å². The maximum absolute atomic E-state index is 12.5. The van der Waals surface area contributed by atoms with Crippen molar-refractivity contribution in [2.75, 3.05) is 7.11 Å². The molecule has 25 heavy (non-hydrogen) atoms. The third-order valence-electron chi connectivity index (χ3n) is 4.33. The summed E-state index contributed by atoms with van der Waals surface area (Å²) in [5.74, 6) is -1.10. The Morgan fingerprint density at radius 3 is 2.44 bits per heavy atom. The van der Waals surface area contributed by atoms with Crippen molar-refractivity contribution in [2.45, 2.75) is 40.9 Å². The average Bonchev–Trinajstić information content (AvgIpc) is 2.81. The molecule has 0 aromatic heterocycles. The zero-order valence-electron chi connectivity index (χ0n) is 13.8. The van der Waals surface area contributed by atoms with Crippen LogP contribution in [0.1, 0.15) is 13.8 Å². The number of β-lactam (4-membered cyclic amide) rings is 1. The van der Waals surface area contributed by atoms with Crippen molar-refractivity contribution in [1.29, 1.82) is 0 Å². The Labute approximate surface area is 149 Å². The molecule has 1 aromatic carbocycles. The minimum atomic E-state index is -3.91. The Hall–Kier alpha value is -1.78. The lowest BCUT2D eigenvalue weighted by molar-refractivity contribution is -0.159. The van der Waals surface area contributed by atoms with Gasteiger partial charge in [-0.15, -0.1) is 11.8 Å². The van der Waals surface area contributed by atoms with Gasteiger partial charge in [-0.2, -0.15) is 4.72 Å². The fourth-order valence-corrected chi connectivity index (χ4v) is 6.02. The summed E-state index contributed by atoms with van der Waals surface area (Å²) in [6.45, 7) is 3.47. The Morgan fingerprint density at radius 1 is 1.32 bits per heavy atom. The van der Waals surface area contributed by atoms with E-state index in [1.165, 1.54) is 48.0 Å². The summed E-state index contributed by atoms with van der Waals surface area (Å²) in [4.78, 5) is 25.1. The minimum Gasteiger partial charge on any atom is -0.497 e. The van der Waals surface area contributed by atoms with Gasteiger partial charge in [0, 0.05) is 4.75 Å². The molecule has 1 amide bonds. The highest BCUT2D eigenvalue weighted by molar-refractivity contribution is 8.01. The van der Waals surface area contributed by atoms with E-state index >= 15 is 0 Å². The quantitative estimate of drug-likeness (QED) is 0.708. The molecule has 2 fully saturated rings. The summed E-state index contributed by atoms with van der Waals surface area (Å²) < 4.78 is 31.7. The normalized spacial score (nSPS) is 27.6. The summed E-state index contributed by atoms with van der Waals surface area (Å²) in [7, 11) is -2.43. The number of nitrogens with one attached hydrogen (secondary N) is 1. The first-order valence-electron chi connectivity index (χ1n) is 7.48. The van der Waals surface area contributed by atoms with Gasteiger partial charge in [0.15, 0.2) is 0 Å². The molecule has 0 saturated carbocycles. The molecule has 0 aliphatic carbocycles. The van der Waals surface area contributed by atoms with Crippen LogP contribution in [-0.4, -0.2) is 59.6 Å². The fraction of sp³-hybridized carbons (Fsp3) is 0.467. The Bertz CT molecular complexity index is 821. The van der Waals surface area contributed by atoms with Gasteiger partial charge in [-0.3, -0.25) is 4.79 Å². The Kier molecular flexibility index (Phi) is 4.25. The van der Waals surface area contributed by atoms with Gasteiger partial charge in [0.05, 0.1) is 12.0 Å². The molecule has 2 aliphatic rings. The van der Waals surface area contributed by atoms with E-state index in [1.54, 1.807) is 13.8 Å². The summed E-state index contributed by atoms with van der Waals surface area (Å²) in [5.41, 5.74) is 0. The molecule has 2 N–H and O–H groups in total. The molecule has 3 rings (SSSR count). The second-order valence-corrected chi connectivity index (χ2v) is 9.86. The smallest absolute Gasteiger partial charge is 0.327 e. The number of hydrogen-bond donors (Lipinski definition) is 2. The van der Waals surface area contributed by atoms with Gasteiger partial charge >= 0.3 is 5.97 Å². The predicted molar refractivity (Wildman–Crippen MR) is 90.8 cm³/mol. The van der Waals surface area contributed by atoms with Crippen LogP contribution in [0.2, 0.25) is 0 Å². The summed E-state index contributed by atoms with van der Waals surface area (Å²) in [6, 6.07) is 3.84. The molecule has 2 heterocycles. The van der Waals surface area contributed by atoms with Crippen molar-refractivity contribution >= 4 is 33.7 Å². The topological polar surface area (TPSA) is 113 Å². The molecule has 2 saturated heterocycles. The van der Waals surface area contributed by atoms with Gasteiger partial charge in [0.25, 0.3) is 0 Å². The van der Waals surface area contributed by atoms with Crippen LogP contribution in [0.3, 0.4) is 0 Å². The molecule has 3 atom stereocenters. The van der Waals surface area contributed by atoms with Gasteiger partial charge in [-0.1, -0.05) is 0 Å². The molecule has 1 aromatic rings. The van der Waals surface area contributed by atoms with Crippen molar-refractivity contribution in [3.63, 3.8) is 0 Å². The van der Waals surface area contributed by atoms with E-state index in [0.29, 0.717) is 5.75 Å². The van der Waals surface area contributed by atoms with Crippen LogP contribution in [-0.2, 0) is 19.6 Å². The van der Waals surface area contributed by atoms with Crippen molar-refractivity contribution in [3.8, 4) is 5.75 Å². The standard InChI is InChI=1S/C15H18N2O6S2/c1-15(2)11(14(19)20)17-12(18)10(13(17)24-15)16-25(21,22)9-6-4-8(23-3)5-7-9/h4-7,10-11,13,16H,1-3H3,(H,19,20). The minimum absolute atomic E-state index is 0.0107. The number of aliphatic carboxylic acids is 1. The highest BCUT2D eigenvalue weighted by Gasteiger charge is 2.64. The second-order valence-electron chi connectivity index (χ2n) is 6.37. The third kappa shape index (κ3) is 2.87. The van der Waals surface area contributed by atoms with Crippen LogP contribution >= 0.6 is 11.8 Å². The lowest BCUT2D eigenvalue weighted by atomic mass is 9.96. The van der Waals surface area contributed by atoms with Gasteiger partial charge in [-0.25, -0.2) is 13.2 Å². The van der Waals surface area contributed by atoms with Crippen LogP contribution in [0, 0.1) is 0 Å². The van der Waals surface area contributed by atoms with Gasteiger partial charge < -0.3 is 14.7 Å². The van der Waals surface area contributed by atoms with E-state index in [9.17, 15) is 23.1 Å². The Morgan fingerprint density at radius 2 is 1.92 bits per heavy atom. The van der Waals surface area contributed by atoms with E-state index in [1.807, 2.05) is 0 Å². The van der Waals surface area contributed by atoms with Crippen molar-refractivity contribution in [2.24, 2.45) is 0 Å². The number of carbonyl (C=O) groups excluding carboxylic acids is 1. The van der Waals surface area contributed by atoms with E-state index in [0.717, 1.165) is 0 Å². The first-order chi connectivity index (χ1) is 11.6. The number of rotatable bonds is 5. The third-order valence-corrected chi connectivity index (χ3v) is 7.36. The summed E-state index contributed by atoms with van der Waals surface area (Å²) in [6.07, 6.45) is 0. The number of carboxylic acids is 1. The molecule has 0 spiro atoms. The molecule has 136 valence electrons. The molecule has 0 bridgehead atoms. The van der Waals surface area contributed by atoms with Gasteiger partial charge in [0.2, 0.25) is 15.9 Å². The molecule has 2 aliphatic heterocycles. The number of sulfonamides is 1. The summed E-state index contributed by atoms with van der Waals surface area (Å²) >= 11 is 1.29. The SMILES string of the molecule is COc1ccc(S(=O)(=O)NC2C(=O)N3C2SC(C)(C)C3C(=O)O)cc1. The maximum atomic E-state index is 12.5. The number of carboxylic acid groups (broad SMARTS) is 1. The lowest BCUT2D eigenvalue weighted by Crippen LogP contribution is -2.70. The highest BCUT2D eigenvalue weighted by atomic mass is 32.2. The van der Waals surface area contributed by atoms with Crippen molar-refractivity contribution < 1.29 is 27.9 Å². The van der Waals surface area contributed by atoms with Crippen LogP contribution in [0.5, 0.6) is 5.75 Å². The number of methoxy groups -OCH3 is 1. The number of carbonyl (C=O) groups is 2.